The Morgan fingerprint density at radius 1 is 0.947 bits per heavy atom. The molecule has 94 valence electrons. The third kappa shape index (κ3) is 2.20. The van der Waals surface area contributed by atoms with Crippen LogP contribution >= 0.6 is 0 Å². The highest BCUT2D eigenvalue weighted by Gasteiger charge is 2.16. The standard InChI is InChI=1S/C15H13N3O/c1-10-6-8-11(9-7-10)14-16-13-5-3-2-4-12(13)15(19)18-17-14/h2-9H,1H3,(H,16,17)(H,18,19). The van der Waals surface area contributed by atoms with E-state index >= 15 is 0 Å². The monoisotopic (exact) mass is 251 g/mol. The number of hydrazine groups is 1. The topological polar surface area (TPSA) is 53.5 Å². The number of amides is 1. The predicted molar refractivity (Wildman–Crippen MR) is 74.4 cm³/mol. The predicted octanol–water partition coefficient (Wildman–Crippen LogP) is 2.32. The van der Waals surface area contributed by atoms with E-state index < -0.39 is 0 Å². The maximum Gasteiger partial charge on any atom is 0.271 e. The molecule has 0 fully saturated rings. The minimum Gasteiger partial charge on any atom is -0.281 e. The first-order chi connectivity index (χ1) is 9.24. The van der Waals surface area contributed by atoms with Crippen LogP contribution in [0.15, 0.2) is 53.5 Å². The smallest absolute Gasteiger partial charge is 0.271 e. The van der Waals surface area contributed by atoms with Crippen molar-refractivity contribution in [2.45, 2.75) is 6.92 Å². The van der Waals surface area contributed by atoms with Gasteiger partial charge in [0.1, 0.15) is 0 Å². The Hall–Kier alpha value is -2.62. The molecule has 0 aromatic heterocycles. The zero-order chi connectivity index (χ0) is 13.2. The van der Waals surface area contributed by atoms with Crippen LogP contribution in [0.5, 0.6) is 0 Å². The van der Waals surface area contributed by atoms with Crippen molar-refractivity contribution in [2.75, 3.05) is 0 Å². The summed E-state index contributed by atoms with van der Waals surface area (Å²) in [7, 11) is 0. The van der Waals surface area contributed by atoms with Crippen LogP contribution in [-0.4, -0.2) is 11.7 Å². The minimum absolute atomic E-state index is 0.179. The van der Waals surface area contributed by atoms with Gasteiger partial charge in [-0.3, -0.25) is 15.6 Å². The van der Waals surface area contributed by atoms with E-state index in [0.29, 0.717) is 17.1 Å². The summed E-state index contributed by atoms with van der Waals surface area (Å²) in [4.78, 5) is 16.4. The Bertz CT molecular complexity index is 659. The number of carbonyl (C=O) groups excluding carboxylic acids is 1. The molecular formula is C15H13N3O. The number of benzene rings is 2. The van der Waals surface area contributed by atoms with Gasteiger partial charge >= 0.3 is 0 Å². The van der Waals surface area contributed by atoms with E-state index in [1.807, 2.05) is 49.4 Å². The van der Waals surface area contributed by atoms with Crippen molar-refractivity contribution in [3.05, 3.63) is 65.2 Å². The van der Waals surface area contributed by atoms with Gasteiger partial charge in [0.15, 0.2) is 5.84 Å². The number of amidine groups is 1. The maximum atomic E-state index is 11.9. The molecule has 4 heteroatoms. The molecule has 3 rings (SSSR count). The Labute approximate surface area is 111 Å². The molecule has 0 bridgehead atoms. The van der Waals surface area contributed by atoms with Crippen LogP contribution in [0.25, 0.3) is 0 Å². The van der Waals surface area contributed by atoms with Gasteiger partial charge in [-0.1, -0.05) is 42.0 Å². The number of hydrogen-bond acceptors (Lipinski definition) is 3. The highest BCUT2D eigenvalue weighted by atomic mass is 16.2. The first-order valence-electron chi connectivity index (χ1n) is 6.05. The SMILES string of the molecule is Cc1ccc(C2=Nc3ccccc3C(=O)NN2)cc1. The zero-order valence-corrected chi connectivity index (χ0v) is 10.5. The quantitative estimate of drug-likeness (QED) is 0.817. The fraction of sp³-hybridized carbons (Fsp3) is 0.0667. The van der Waals surface area contributed by atoms with E-state index in [0.717, 1.165) is 5.56 Å². The average Bonchev–Trinajstić information content (AvgIpc) is 2.60. The summed E-state index contributed by atoms with van der Waals surface area (Å²) in [6.45, 7) is 2.03. The van der Waals surface area contributed by atoms with Crippen LogP contribution < -0.4 is 10.9 Å². The lowest BCUT2D eigenvalue weighted by Crippen LogP contribution is -2.40. The number of nitrogens with one attached hydrogen (secondary N) is 2. The number of carbonyl (C=O) groups is 1. The fourth-order valence-corrected chi connectivity index (χ4v) is 1.94. The van der Waals surface area contributed by atoms with E-state index in [1.165, 1.54) is 5.56 Å². The summed E-state index contributed by atoms with van der Waals surface area (Å²) in [6.07, 6.45) is 0. The number of nitrogens with zero attached hydrogens (tertiary/aromatic N) is 1. The van der Waals surface area contributed by atoms with Gasteiger partial charge in [-0.15, -0.1) is 0 Å². The normalized spacial score (nSPS) is 13.7. The summed E-state index contributed by atoms with van der Waals surface area (Å²) in [5.41, 5.74) is 8.86. The van der Waals surface area contributed by atoms with Gasteiger partial charge in [-0.2, -0.15) is 0 Å². The van der Waals surface area contributed by atoms with Gasteiger partial charge in [-0.25, -0.2) is 4.99 Å². The van der Waals surface area contributed by atoms with E-state index in [4.69, 9.17) is 0 Å². The lowest BCUT2D eigenvalue weighted by atomic mass is 10.1. The van der Waals surface area contributed by atoms with Gasteiger partial charge in [0.25, 0.3) is 5.91 Å². The Morgan fingerprint density at radius 2 is 1.68 bits per heavy atom. The molecule has 0 aliphatic carbocycles. The molecule has 0 atom stereocenters. The van der Waals surface area contributed by atoms with Crippen LogP contribution in [0.4, 0.5) is 5.69 Å². The Kier molecular flexibility index (Phi) is 2.76. The summed E-state index contributed by atoms with van der Waals surface area (Å²) in [5.74, 6) is 0.458. The molecule has 0 unspecified atom stereocenters. The molecule has 2 aromatic carbocycles. The van der Waals surface area contributed by atoms with Crippen molar-refractivity contribution in [3.8, 4) is 0 Å². The zero-order valence-electron chi connectivity index (χ0n) is 10.5. The molecule has 1 aliphatic heterocycles. The largest absolute Gasteiger partial charge is 0.281 e. The van der Waals surface area contributed by atoms with Crippen LogP contribution in [0.2, 0.25) is 0 Å². The van der Waals surface area contributed by atoms with Crippen molar-refractivity contribution in [2.24, 2.45) is 4.99 Å². The van der Waals surface area contributed by atoms with E-state index in [1.54, 1.807) is 6.07 Å². The van der Waals surface area contributed by atoms with Crippen molar-refractivity contribution in [1.82, 2.24) is 10.9 Å². The Morgan fingerprint density at radius 3 is 2.47 bits per heavy atom. The molecule has 0 spiro atoms. The van der Waals surface area contributed by atoms with Gasteiger partial charge < -0.3 is 0 Å². The molecule has 2 N–H and O–H groups in total. The first-order valence-corrected chi connectivity index (χ1v) is 6.05. The first kappa shape index (κ1) is 11.5. The van der Waals surface area contributed by atoms with Crippen molar-refractivity contribution < 1.29 is 4.79 Å². The lowest BCUT2D eigenvalue weighted by Gasteiger charge is -2.07. The number of aryl methyl sites for hydroxylation is 1. The number of hydrogen-bond donors (Lipinski definition) is 2. The molecule has 1 heterocycles. The summed E-state index contributed by atoms with van der Waals surface area (Å²) in [6, 6.07) is 15.3. The van der Waals surface area contributed by atoms with Crippen molar-refractivity contribution in [3.63, 3.8) is 0 Å². The van der Waals surface area contributed by atoms with Crippen LogP contribution in [0.1, 0.15) is 21.5 Å². The highest BCUT2D eigenvalue weighted by Crippen LogP contribution is 2.21. The summed E-state index contributed by atoms with van der Waals surface area (Å²) < 4.78 is 0. The van der Waals surface area contributed by atoms with Gasteiger partial charge in [0, 0.05) is 5.56 Å². The van der Waals surface area contributed by atoms with Gasteiger partial charge in [0.05, 0.1) is 11.3 Å². The molecule has 1 aliphatic rings. The molecule has 0 saturated carbocycles. The van der Waals surface area contributed by atoms with E-state index in [2.05, 4.69) is 15.8 Å². The van der Waals surface area contributed by atoms with Crippen LogP contribution in [0.3, 0.4) is 0 Å². The van der Waals surface area contributed by atoms with Gasteiger partial charge in [0.2, 0.25) is 0 Å². The Balaban J connectivity index is 2.07. The lowest BCUT2D eigenvalue weighted by molar-refractivity contribution is 0.0946. The average molecular weight is 251 g/mol. The third-order valence-corrected chi connectivity index (χ3v) is 3.00. The van der Waals surface area contributed by atoms with E-state index in [9.17, 15) is 4.79 Å². The molecule has 4 nitrogen and oxygen atoms in total. The molecule has 2 aromatic rings. The number of aliphatic imine (C=N–C) groups is 1. The van der Waals surface area contributed by atoms with Crippen molar-refractivity contribution >= 4 is 17.4 Å². The number of para-hydroxylation sites is 1. The second-order valence-electron chi connectivity index (χ2n) is 4.42. The fourth-order valence-electron chi connectivity index (χ4n) is 1.94. The maximum absolute atomic E-state index is 11.9. The van der Waals surface area contributed by atoms with Crippen molar-refractivity contribution in [1.29, 1.82) is 0 Å². The number of rotatable bonds is 1. The second-order valence-corrected chi connectivity index (χ2v) is 4.42. The summed E-state index contributed by atoms with van der Waals surface area (Å²) in [5, 5.41) is 0. The molecule has 0 saturated heterocycles. The minimum atomic E-state index is -0.179. The second kappa shape index (κ2) is 4.57. The number of fused-ring (bicyclic) bond motifs is 1. The van der Waals surface area contributed by atoms with E-state index in [-0.39, 0.29) is 5.91 Å². The highest BCUT2D eigenvalue weighted by molar-refractivity contribution is 6.07. The van der Waals surface area contributed by atoms with Crippen LogP contribution in [-0.2, 0) is 0 Å². The molecule has 0 radical (unpaired) electrons. The summed E-state index contributed by atoms with van der Waals surface area (Å²) >= 11 is 0. The van der Waals surface area contributed by atoms with Crippen LogP contribution in [0, 0.1) is 6.92 Å². The third-order valence-electron chi connectivity index (χ3n) is 3.00. The molecule has 1 amide bonds. The van der Waals surface area contributed by atoms with Gasteiger partial charge in [-0.05, 0) is 19.1 Å². The molecule has 19 heavy (non-hydrogen) atoms. The molecular weight excluding hydrogens is 238 g/mol.